The van der Waals surface area contributed by atoms with Crippen LogP contribution in [0.4, 0.5) is 0 Å². The molecule has 1 spiro atoms. The highest BCUT2D eigenvalue weighted by molar-refractivity contribution is 9.09. The number of rotatable bonds is 15. The first kappa shape index (κ1) is 37.2. The molecule has 3 fully saturated rings. The Kier molecular flexibility index (Phi) is 11.8. The van der Waals surface area contributed by atoms with E-state index in [1.807, 2.05) is 27.7 Å². The molecule has 0 saturated carbocycles. The number of fused-ring (bicyclic) bond motifs is 1. The van der Waals surface area contributed by atoms with Gasteiger partial charge in [0.15, 0.2) is 0 Å². The topological polar surface area (TPSA) is 125 Å². The first-order valence-electron chi connectivity index (χ1n) is 16.1. The van der Waals surface area contributed by atoms with Crippen molar-refractivity contribution in [3.63, 3.8) is 0 Å². The van der Waals surface area contributed by atoms with Gasteiger partial charge in [-0.1, -0.05) is 62.7 Å². The van der Waals surface area contributed by atoms with Crippen molar-refractivity contribution in [3.05, 3.63) is 25.3 Å². The van der Waals surface area contributed by atoms with Crippen LogP contribution in [0.15, 0.2) is 25.3 Å². The Labute approximate surface area is 277 Å². The van der Waals surface area contributed by atoms with Gasteiger partial charge in [0.2, 0.25) is 17.7 Å². The van der Waals surface area contributed by atoms with E-state index in [1.54, 1.807) is 24.0 Å². The minimum absolute atomic E-state index is 0.0965. The summed E-state index contributed by atoms with van der Waals surface area (Å²) >= 11 is 3.70. The maximum Gasteiger partial charge on any atom is 0.312 e. The predicted molar refractivity (Wildman–Crippen MR) is 176 cm³/mol. The first-order valence-corrected chi connectivity index (χ1v) is 17.0. The number of aliphatic hydroxyl groups excluding tert-OH is 1. The minimum atomic E-state index is -1.29. The summed E-state index contributed by atoms with van der Waals surface area (Å²) in [6, 6.07) is -1.72. The Morgan fingerprint density at radius 2 is 1.84 bits per heavy atom. The van der Waals surface area contributed by atoms with Crippen LogP contribution in [0.5, 0.6) is 0 Å². The summed E-state index contributed by atoms with van der Waals surface area (Å²) in [4.78, 5) is 58.3. The first-order chi connectivity index (χ1) is 20.9. The third-order valence-corrected chi connectivity index (χ3v) is 10.1. The van der Waals surface area contributed by atoms with Crippen LogP contribution in [0.3, 0.4) is 0 Å². The molecule has 8 atom stereocenters. The molecule has 0 aliphatic carbocycles. The summed E-state index contributed by atoms with van der Waals surface area (Å²) in [7, 11) is 0. The zero-order valence-electron chi connectivity index (χ0n) is 28.3. The van der Waals surface area contributed by atoms with Gasteiger partial charge in [-0.05, 0) is 51.4 Å². The Hall–Kier alpha value is -2.24. The van der Waals surface area contributed by atoms with Gasteiger partial charge >= 0.3 is 5.97 Å². The fourth-order valence-corrected chi connectivity index (χ4v) is 8.74. The molecule has 10 nitrogen and oxygen atoms in total. The van der Waals surface area contributed by atoms with E-state index >= 15 is 0 Å². The summed E-state index contributed by atoms with van der Waals surface area (Å²) in [5.41, 5.74) is -1.99. The zero-order valence-corrected chi connectivity index (χ0v) is 29.9. The number of aliphatic hydroxyl groups is 1. The molecule has 2 N–H and O–H groups in total. The van der Waals surface area contributed by atoms with Gasteiger partial charge in [-0.25, -0.2) is 0 Å². The van der Waals surface area contributed by atoms with E-state index in [2.05, 4.69) is 55.2 Å². The number of nitrogens with zero attached hydrogens (tertiary/aromatic N) is 2. The summed E-state index contributed by atoms with van der Waals surface area (Å²) in [5, 5.41) is 13.3. The molecule has 0 aromatic rings. The number of esters is 1. The molecule has 0 radical (unpaired) electrons. The van der Waals surface area contributed by atoms with Crippen molar-refractivity contribution in [1.82, 2.24) is 15.1 Å². The van der Waals surface area contributed by atoms with E-state index in [0.29, 0.717) is 19.3 Å². The van der Waals surface area contributed by atoms with Crippen molar-refractivity contribution >= 4 is 39.6 Å². The average molecular weight is 697 g/mol. The molecular weight excluding hydrogens is 642 g/mol. The molecule has 3 rings (SSSR count). The van der Waals surface area contributed by atoms with Crippen molar-refractivity contribution in [3.8, 4) is 0 Å². The smallest absolute Gasteiger partial charge is 0.312 e. The number of ether oxygens (including phenoxy) is 2. The van der Waals surface area contributed by atoms with Crippen molar-refractivity contribution < 1.29 is 33.8 Å². The molecule has 3 amide bonds. The summed E-state index contributed by atoms with van der Waals surface area (Å²) in [5.74, 6) is -3.55. The van der Waals surface area contributed by atoms with Crippen molar-refractivity contribution in [2.24, 2.45) is 23.2 Å². The second kappa shape index (κ2) is 14.3. The van der Waals surface area contributed by atoms with Crippen molar-refractivity contribution in [2.75, 3.05) is 19.7 Å². The van der Waals surface area contributed by atoms with E-state index in [0.717, 1.165) is 0 Å². The molecule has 3 saturated heterocycles. The van der Waals surface area contributed by atoms with Gasteiger partial charge in [0.05, 0.1) is 37.1 Å². The van der Waals surface area contributed by atoms with Crippen LogP contribution in [0, 0.1) is 23.2 Å². The number of hydrogen-bond acceptors (Lipinski definition) is 7. The molecule has 11 heteroatoms. The highest BCUT2D eigenvalue weighted by atomic mass is 79.9. The Morgan fingerprint density at radius 1 is 1.20 bits per heavy atom. The summed E-state index contributed by atoms with van der Waals surface area (Å²) in [6.45, 7) is 23.4. The number of amides is 3. The summed E-state index contributed by atoms with van der Waals surface area (Å²) in [6.07, 6.45) is 3.87. The van der Waals surface area contributed by atoms with E-state index in [4.69, 9.17) is 9.47 Å². The number of allylic oxidation sites excluding steroid dienone is 1. The summed E-state index contributed by atoms with van der Waals surface area (Å²) < 4.78 is 12.5. The molecule has 3 heterocycles. The molecule has 254 valence electrons. The number of hydrogen-bond donors (Lipinski definition) is 2. The minimum Gasteiger partial charge on any atom is -0.460 e. The van der Waals surface area contributed by atoms with Crippen LogP contribution < -0.4 is 5.32 Å². The lowest BCUT2D eigenvalue weighted by Gasteiger charge is -2.47. The number of halogens is 1. The largest absolute Gasteiger partial charge is 0.460 e. The van der Waals surface area contributed by atoms with Gasteiger partial charge in [-0.2, -0.15) is 0 Å². The Balaban J connectivity index is 2.02. The number of likely N-dealkylation sites (tertiary alicyclic amines) is 1. The van der Waals surface area contributed by atoms with E-state index in [9.17, 15) is 24.3 Å². The molecule has 3 aliphatic heterocycles. The quantitative estimate of drug-likeness (QED) is 0.151. The standard InChI is InChI=1S/C34H54BrN3O7/c1-11-13-14-24(40)36-17-21(5)44-31(43)25-26-29(41)38(23(18-39)20(3)4)28(34(26)16-22(35)27(25)45-34)30(42)37(15-12-2)33(9,10)19-32(6,7)8/h11-12,20-23,25-28,39H,1-2,13-19H2,3-10H3,(H,36,40)/t21-,22?,23+,25+,26-,27+,28+,34-/m1/s1. The maximum absolute atomic E-state index is 14.9. The normalized spacial score (nSPS) is 28.9. The van der Waals surface area contributed by atoms with Gasteiger partial charge in [-0.15, -0.1) is 13.2 Å². The average Bonchev–Trinajstić information content (AvgIpc) is 3.51. The number of alkyl halides is 1. The van der Waals surface area contributed by atoms with Crippen LogP contribution in [0.1, 0.15) is 81.1 Å². The van der Waals surface area contributed by atoms with E-state index < -0.39 is 53.2 Å². The number of nitrogens with one attached hydrogen (secondary N) is 1. The van der Waals surface area contributed by atoms with Crippen LogP contribution >= 0.6 is 15.9 Å². The SMILES string of the molecule is C=CCCC(=O)NC[C@@H](C)OC(=O)[C@@H]1[C@H]2O[C@@]3(CC2Br)[C@H](C(=O)N(CC=C)C(C)(C)CC(C)(C)C)N([C@@H](CO)C(C)C)C(=O)[C@@H]13. The Morgan fingerprint density at radius 3 is 2.38 bits per heavy atom. The highest BCUT2D eigenvalue weighted by Crippen LogP contribution is 2.61. The molecule has 0 aromatic heterocycles. The van der Waals surface area contributed by atoms with Gasteiger partial charge in [0.25, 0.3) is 0 Å². The predicted octanol–water partition coefficient (Wildman–Crippen LogP) is 3.99. The third kappa shape index (κ3) is 7.51. The second-order valence-corrected chi connectivity index (χ2v) is 16.2. The van der Waals surface area contributed by atoms with Crippen molar-refractivity contribution in [1.29, 1.82) is 0 Å². The van der Waals surface area contributed by atoms with Crippen LogP contribution in [0.25, 0.3) is 0 Å². The molecular formula is C34H54BrN3O7. The monoisotopic (exact) mass is 695 g/mol. The zero-order chi connectivity index (χ0) is 34.1. The molecule has 1 unspecified atom stereocenters. The van der Waals surface area contributed by atoms with E-state index in [-0.39, 0.29) is 60.0 Å². The van der Waals surface area contributed by atoms with E-state index in [1.165, 1.54) is 4.90 Å². The molecule has 2 bridgehead atoms. The molecule has 3 aliphatic rings. The van der Waals surface area contributed by atoms with Gasteiger partial charge in [0.1, 0.15) is 17.7 Å². The number of carbonyl (C=O) groups excluding carboxylic acids is 4. The lowest BCUT2D eigenvalue weighted by Crippen LogP contribution is -2.63. The highest BCUT2D eigenvalue weighted by Gasteiger charge is 2.78. The van der Waals surface area contributed by atoms with Gasteiger partial charge < -0.3 is 29.7 Å². The van der Waals surface area contributed by atoms with Gasteiger partial charge in [-0.3, -0.25) is 19.2 Å². The second-order valence-electron chi connectivity index (χ2n) is 15.1. The number of carbonyl (C=O) groups is 4. The van der Waals surface area contributed by atoms with Crippen LogP contribution in [-0.2, 0) is 28.7 Å². The lowest BCUT2D eigenvalue weighted by molar-refractivity contribution is -0.161. The Bertz CT molecular complexity index is 1150. The lowest BCUT2D eigenvalue weighted by atomic mass is 9.70. The third-order valence-electron chi connectivity index (χ3n) is 9.30. The molecule has 45 heavy (non-hydrogen) atoms. The van der Waals surface area contributed by atoms with Gasteiger partial charge in [0, 0.05) is 23.3 Å². The van der Waals surface area contributed by atoms with Crippen LogP contribution in [0.2, 0.25) is 0 Å². The molecule has 0 aromatic carbocycles. The van der Waals surface area contributed by atoms with Crippen molar-refractivity contribution in [2.45, 2.75) is 121 Å². The maximum atomic E-state index is 14.9. The van der Waals surface area contributed by atoms with Crippen LogP contribution in [-0.4, -0.2) is 98.6 Å². The fraction of sp³-hybridized carbons (Fsp3) is 0.765. The fourth-order valence-electron chi connectivity index (χ4n) is 7.80.